The van der Waals surface area contributed by atoms with Gasteiger partial charge in [-0.25, -0.2) is 4.98 Å². The number of imidazole rings is 1. The number of hydrogen-bond donors (Lipinski definition) is 2. The summed E-state index contributed by atoms with van der Waals surface area (Å²) in [5.74, 6) is 1.72. The summed E-state index contributed by atoms with van der Waals surface area (Å²) in [5, 5.41) is 13.2. The fraction of sp³-hybridized carbons (Fsp3) is 0.696. The molecule has 0 radical (unpaired) electrons. The molecule has 3 saturated heterocycles. The molecule has 3 aliphatic rings. The van der Waals surface area contributed by atoms with Gasteiger partial charge in [-0.3, -0.25) is 9.59 Å². The van der Waals surface area contributed by atoms with Gasteiger partial charge in [0.2, 0.25) is 17.8 Å². The highest BCUT2D eigenvalue weighted by atomic mass is 16.3. The molecule has 3 fully saturated rings. The molecule has 2 aromatic rings. The number of amides is 2. The largest absolute Gasteiger partial charge is 0.394 e. The lowest BCUT2D eigenvalue weighted by Crippen LogP contribution is -2.33. The highest BCUT2D eigenvalue weighted by molar-refractivity contribution is 5.84. The summed E-state index contributed by atoms with van der Waals surface area (Å²) < 4.78 is 1.99. The highest BCUT2D eigenvalue weighted by Gasteiger charge is 2.28. The Balaban J connectivity index is 1.35. The van der Waals surface area contributed by atoms with Gasteiger partial charge in [0.05, 0.1) is 19.0 Å². The van der Waals surface area contributed by atoms with Gasteiger partial charge in [0.1, 0.15) is 0 Å². The molecule has 1 atom stereocenters. The van der Waals surface area contributed by atoms with Crippen molar-refractivity contribution < 1.29 is 14.7 Å². The van der Waals surface area contributed by atoms with Crippen molar-refractivity contribution in [3.05, 3.63) is 6.33 Å². The molecule has 184 valence electrons. The van der Waals surface area contributed by atoms with Crippen molar-refractivity contribution >= 4 is 34.7 Å². The average Bonchev–Trinajstić information content (AvgIpc) is 3.63. The number of anilines is 2. The van der Waals surface area contributed by atoms with Crippen LogP contribution in [0.3, 0.4) is 0 Å². The van der Waals surface area contributed by atoms with Crippen LogP contribution in [0.25, 0.3) is 11.2 Å². The van der Waals surface area contributed by atoms with Gasteiger partial charge in [-0.05, 0) is 32.1 Å². The van der Waals surface area contributed by atoms with Crippen molar-refractivity contribution in [2.75, 3.05) is 56.1 Å². The Morgan fingerprint density at radius 3 is 2.44 bits per heavy atom. The van der Waals surface area contributed by atoms with Gasteiger partial charge in [-0.2, -0.15) is 9.97 Å². The number of carbonyl (C=O) groups is 2. The molecule has 0 bridgehead atoms. The normalized spacial score (nSPS) is 21.0. The first-order valence-corrected chi connectivity index (χ1v) is 12.5. The van der Waals surface area contributed by atoms with Crippen molar-refractivity contribution in [2.24, 2.45) is 0 Å². The van der Waals surface area contributed by atoms with E-state index in [0.29, 0.717) is 49.8 Å². The van der Waals surface area contributed by atoms with Gasteiger partial charge in [0, 0.05) is 58.7 Å². The Hall–Kier alpha value is -2.95. The highest BCUT2D eigenvalue weighted by Crippen LogP contribution is 2.27. The molecule has 2 amide bonds. The van der Waals surface area contributed by atoms with E-state index in [2.05, 4.69) is 15.2 Å². The summed E-state index contributed by atoms with van der Waals surface area (Å²) in [6.45, 7) is 5.22. The zero-order valence-electron chi connectivity index (χ0n) is 19.7. The predicted octanol–water partition coefficient (Wildman–Crippen LogP) is 0.834. The minimum absolute atomic E-state index is 0.0186. The molecule has 0 aromatic carbocycles. The first-order valence-electron chi connectivity index (χ1n) is 12.5. The van der Waals surface area contributed by atoms with Crippen molar-refractivity contribution in [2.45, 2.75) is 57.5 Å². The second-order valence-corrected chi connectivity index (χ2v) is 9.40. The van der Waals surface area contributed by atoms with E-state index in [0.717, 1.165) is 63.9 Å². The standard InChI is InChI=1S/C23H34N8O3/c32-15-17-5-1-12-31(17)23-26-21(24-8-4-11-28-9-2-6-18(28)33)20-22(27-23)30(16-25-20)14-13-29-10-3-7-19(29)34/h16-17,32H,1-15H2,(H,24,26,27). The first-order chi connectivity index (χ1) is 16.6. The van der Waals surface area contributed by atoms with Crippen molar-refractivity contribution in [1.82, 2.24) is 29.3 Å². The minimum atomic E-state index is 0.0186. The maximum absolute atomic E-state index is 12.0. The fourth-order valence-electron chi connectivity index (χ4n) is 5.22. The second kappa shape index (κ2) is 10.1. The molecule has 3 aliphatic heterocycles. The molecule has 0 aliphatic carbocycles. The predicted molar refractivity (Wildman–Crippen MR) is 128 cm³/mol. The number of carbonyl (C=O) groups excluding carboxylic acids is 2. The third-order valence-electron chi connectivity index (χ3n) is 7.15. The van der Waals surface area contributed by atoms with E-state index in [1.807, 2.05) is 14.4 Å². The molecule has 34 heavy (non-hydrogen) atoms. The molecule has 11 nitrogen and oxygen atoms in total. The average molecular weight is 471 g/mol. The van der Waals surface area contributed by atoms with E-state index < -0.39 is 0 Å². The van der Waals surface area contributed by atoms with Crippen LogP contribution >= 0.6 is 0 Å². The molecule has 0 spiro atoms. The number of aromatic nitrogens is 4. The van der Waals surface area contributed by atoms with Crippen molar-refractivity contribution in [3.8, 4) is 0 Å². The second-order valence-electron chi connectivity index (χ2n) is 9.40. The number of fused-ring (bicyclic) bond motifs is 1. The number of rotatable bonds is 10. The summed E-state index contributed by atoms with van der Waals surface area (Å²) in [5.41, 5.74) is 1.44. The summed E-state index contributed by atoms with van der Waals surface area (Å²) in [4.78, 5) is 44.0. The van der Waals surface area contributed by atoms with Crippen LogP contribution < -0.4 is 10.2 Å². The fourth-order valence-corrected chi connectivity index (χ4v) is 5.22. The maximum atomic E-state index is 12.0. The zero-order chi connectivity index (χ0) is 23.5. The molecule has 2 aromatic heterocycles. The first kappa shape index (κ1) is 22.8. The van der Waals surface area contributed by atoms with Gasteiger partial charge < -0.3 is 29.7 Å². The molecule has 2 N–H and O–H groups in total. The quantitative estimate of drug-likeness (QED) is 0.490. The van der Waals surface area contributed by atoms with Gasteiger partial charge >= 0.3 is 0 Å². The third-order valence-corrected chi connectivity index (χ3v) is 7.15. The van der Waals surface area contributed by atoms with E-state index >= 15 is 0 Å². The minimum Gasteiger partial charge on any atom is -0.394 e. The molecular weight excluding hydrogens is 436 g/mol. The van der Waals surface area contributed by atoms with Crippen LogP contribution in [-0.4, -0.2) is 98.2 Å². The van der Waals surface area contributed by atoms with Crippen LogP contribution in [0.1, 0.15) is 44.9 Å². The van der Waals surface area contributed by atoms with Gasteiger partial charge in [0.15, 0.2) is 17.0 Å². The molecule has 11 heteroatoms. The van der Waals surface area contributed by atoms with Crippen LogP contribution in [-0.2, 0) is 16.1 Å². The lowest BCUT2D eigenvalue weighted by atomic mass is 10.2. The molecule has 0 saturated carbocycles. The number of nitrogens with one attached hydrogen (secondary N) is 1. The summed E-state index contributed by atoms with van der Waals surface area (Å²) in [6.07, 6.45) is 7.67. The number of aliphatic hydroxyl groups excluding tert-OH is 1. The number of likely N-dealkylation sites (tertiary alicyclic amines) is 2. The monoisotopic (exact) mass is 470 g/mol. The van der Waals surface area contributed by atoms with Crippen molar-refractivity contribution in [3.63, 3.8) is 0 Å². The number of nitrogens with zero attached hydrogens (tertiary/aromatic N) is 7. The third kappa shape index (κ3) is 4.66. The van der Waals surface area contributed by atoms with E-state index in [4.69, 9.17) is 9.97 Å². The lowest BCUT2D eigenvalue weighted by molar-refractivity contribution is -0.128. The Morgan fingerprint density at radius 1 is 0.971 bits per heavy atom. The summed E-state index contributed by atoms with van der Waals surface area (Å²) in [7, 11) is 0. The van der Waals surface area contributed by atoms with Crippen LogP contribution in [0.2, 0.25) is 0 Å². The molecule has 5 rings (SSSR count). The Bertz CT molecular complexity index is 1040. The SMILES string of the molecule is O=C1CCCN1CCCNc1nc(N2CCCC2CO)nc2c1ncn2CCN1CCCC1=O. The van der Waals surface area contributed by atoms with Gasteiger partial charge in [-0.15, -0.1) is 0 Å². The Morgan fingerprint density at radius 2 is 1.74 bits per heavy atom. The van der Waals surface area contributed by atoms with E-state index in [-0.39, 0.29) is 24.5 Å². The summed E-state index contributed by atoms with van der Waals surface area (Å²) >= 11 is 0. The van der Waals surface area contributed by atoms with Crippen LogP contribution in [0.5, 0.6) is 0 Å². The van der Waals surface area contributed by atoms with Crippen LogP contribution in [0.4, 0.5) is 11.8 Å². The number of hydrogen-bond acceptors (Lipinski definition) is 8. The van der Waals surface area contributed by atoms with Gasteiger partial charge in [-0.1, -0.05) is 0 Å². The van der Waals surface area contributed by atoms with Crippen LogP contribution in [0, 0.1) is 0 Å². The molecule has 5 heterocycles. The maximum Gasteiger partial charge on any atom is 0.229 e. The summed E-state index contributed by atoms with van der Waals surface area (Å²) in [6, 6.07) is 0.0186. The van der Waals surface area contributed by atoms with Crippen molar-refractivity contribution in [1.29, 1.82) is 0 Å². The van der Waals surface area contributed by atoms with Gasteiger partial charge in [0.25, 0.3) is 0 Å². The number of aliphatic hydroxyl groups is 1. The lowest BCUT2D eigenvalue weighted by Gasteiger charge is -2.24. The zero-order valence-corrected chi connectivity index (χ0v) is 19.7. The molecular formula is C23H34N8O3. The van der Waals surface area contributed by atoms with E-state index in [9.17, 15) is 14.7 Å². The smallest absolute Gasteiger partial charge is 0.229 e. The topological polar surface area (TPSA) is 120 Å². The van der Waals surface area contributed by atoms with E-state index in [1.165, 1.54) is 0 Å². The Labute approximate surface area is 199 Å². The van der Waals surface area contributed by atoms with Crippen LogP contribution in [0.15, 0.2) is 6.33 Å². The van der Waals surface area contributed by atoms with E-state index in [1.54, 1.807) is 6.33 Å². The Kier molecular flexibility index (Phi) is 6.80. The molecule has 1 unspecified atom stereocenters.